The molecule has 3 rings (SSSR count). The van der Waals surface area contributed by atoms with Gasteiger partial charge in [-0.1, -0.05) is 38.1 Å². The van der Waals surface area contributed by atoms with Gasteiger partial charge in [0, 0.05) is 11.4 Å². The van der Waals surface area contributed by atoms with Gasteiger partial charge in [0.25, 0.3) is 5.91 Å². The predicted molar refractivity (Wildman–Crippen MR) is 103 cm³/mol. The van der Waals surface area contributed by atoms with Gasteiger partial charge in [-0.2, -0.15) is 0 Å². The first-order valence-electron chi connectivity index (χ1n) is 8.92. The van der Waals surface area contributed by atoms with E-state index in [1.165, 1.54) is 13.0 Å². The number of halogens is 2. The molecule has 3 amide bonds. The Balaban J connectivity index is 2.03. The molecule has 0 saturated carbocycles. The minimum absolute atomic E-state index is 0.0437. The molecule has 0 saturated heterocycles. The molecule has 146 valence electrons. The Labute approximate surface area is 161 Å². The Hall–Kier alpha value is -3.22. The Morgan fingerprint density at radius 1 is 1.07 bits per heavy atom. The van der Waals surface area contributed by atoms with E-state index in [2.05, 4.69) is 16.0 Å². The van der Waals surface area contributed by atoms with Crippen LogP contribution in [0.5, 0.6) is 0 Å². The fraction of sp³-hybridized carbons (Fsp3) is 0.238. The summed E-state index contributed by atoms with van der Waals surface area (Å²) in [7, 11) is 0. The molecule has 0 radical (unpaired) electrons. The Morgan fingerprint density at radius 3 is 2.36 bits per heavy atom. The molecule has 7 heteroatoms. The monoisotopic (exact) mass is 385 g/mol. The molecule has 0 aromatic heterocycles. The second-order valence-electron chi connectivity index (χ2n) is 6.90. The molecule has 1 aliphatic rings. The molecule has 1 atom stereocenters. The summed E-state index contributed by atoms with van der Waals surface area (Å²) in [6, 6.07) is 8.84. The number of amides is 3. The number of nitrogens with one attached hydrogen (secondary N) is 3. The van der Waals surface area contributed by atoms with Crippen LogP contribution >= 0.6 is 0 Å². The van der Waals surface area contributed by atoms with Crippen LogP contribution in [-0.2, 0) is 4.79 Å². The number of rotatable bonds is 4. The highest BCUT2D eigenvalue weighted by Crippen LogP contribution is 2.32. The summed E-state index contributed by atoms with van der Waals surface area (Å²) in [5, 5.41) is 7.76. The fourth-order valence-electron chi connectivity index (χ4n) is 3.30. The summed E-state index contributed by atoms with van der Waals surface area (Å²) in [6.07, 6.45) is 0. The number of anilines is 1. The number of para-hydroxylation sites is 1. The standard InChI is InChI=1S/C21H21F2N3O2/c1-11(2)13-7-4-5-10-16(13)25-20(27)17-12(3)24-21(28)26-19(17)18-14(22)8-6-9-15(18)23/h4-11,19H,1-3H3,(H,25,27)(H2,24,26,28)/t19-/m0/s1. The van der Waals surface area contributed by atoms with Gasteiger partial charge in [-0.3, -0.25) is 4.79 Å². The molecule has 2 aromatic rings. The summed E-state index contributed by atoms with van der Waals surface area (Å²) in [5.41, 5.74) is 1.43. The van der Waals surface area contributed by atoms with E-state index < -0.39 is 29.6 Å². The first kappa shape index (κ1) is 19.5. The van der Waals surface area contributed by atoms with Gasteiger partial charge in [0.1, 0.15) is 11.6 Å². The Kier molecular flexibility index (Phi) is 5.44. The molecule has 0 aliphatic carbocycles. The maximum atomic E-state index is 14.4. The maximum absolute atomic E-state index is 14.4. The lowest BCUT2D eigenvalue weighted by Crippen LogP contribution is -2.46. The second-order valence-corrected chi connectivity index (χ2v) is 6.90. The quantitative estimate of drug-likeness (QED) is 0.732. The normalized spacial score (nSPS) is 16.6. The van der Waals surface area contributed by atoms with Crippen LogP contribution in [0, 0.1) is 11.6 Å². The number of hydrogen-bond acceptors (Lipinski definition) is 2. The highest BCUT2D eigenvalue weighted by molar-refractivity contribution is 6.07. The molecule has 0 fully saturated rings. The third kappa shape index (κ3) is 3.74. The van der Waals surface area contributed by atoms with Gasteiger partial charge in [-0.15, -0.1) is 0 Å². The third-order valence-corrected chi connectivity index (χ3v) is 4.63. The third-order valence-electron chi connectivity index (χ3n) is 4.63. The topological polar surface area (TPSA) is 70.2 Å². The van der Waals surface area contributed by atoms with Crippen LogP contribution in [0.2, 0.25) is 0 Å². The van der Waals surface area contributed by atoms with E-state index in [0.717, 1.165) is 17.7 Å². The van der Waals surface area contributed by atoms with Crippen LogP contribution in [-0.4, -0.2) is 11.9 Å². The van der Waals surface area contributed by atoms with Gasteiger partial charge in [0.05, 0.1) is 17.2 Å². The van der Waals surface area contributed by atoms with Crippen molar-refractivity contribution in [2.45, 2.75) is 32.7 Å². The number of carbonyl (C=O) groups is 2. The molecule has 1 heterocycles. The molecule has 2 aromatic carbocycles. The van der Waals surface area contributed by atoms with Crippen molar-refractivity contribution < 1.29 is 18.4 Å². The number of urea groups is 1. The molecule has 1 aliphatic heterocycles. The highest BCUT2D eigenvalue weighted by atomic mass is 19.1. The van der Waals surface area contributed by atoms with E-state index >= 15 is 0 Å². The van der Waals surface area contributed by atoms with Crippen molar-refractivity contribution >= 4 is 17.6 Å². The minimum Gasteiger partial charge on any atom is -0.326 e. The average molecular weight is 385 g/mol. The smallest absolute Gasteiger partial charge is 0.319 e. The molecule has 0 spiro atoms. The number of hydrogen-bond donors (Lipinski definition) is 3. The summed E-state index contributed by atoms with van der Waals surface area (Å²) < 4.78 is 28.7. The van der Waals surface area contributed by atoms with Gasteiger partial charge in [0.15, 0.2) is 0 Å². The number of allylic oxidation sites excluding steroid dienone is 1. The van der Waals surface area contributed by atoms with Gasteiger partial charge in [-0.25, -0.2) is 13.6 Å². The van der Waals surface area contributed by atoms with E-state index in [9.17, 15) is 18.4 Å². The first-order chi connectivity index (χ1) is 13.3. The molecule has 0 bridgehead atoms. The minimum atomic E-state index is -1.25. The van der Waals surface area contributed by atoms with Crippen molar-refractivity contribution in [3.8, 4) is 0 Å². The Morgan fingerprint density at radius 2 is 1.71 bits per heavy atom. The average Bonchev–Trinajstić information content (AvgIpc) is 2.61. The molecule has 5 nitrogen and oxygen atoms in total. The SMILES string of the molecule is CC1=C(C(=O)Nc2ccccc2C(C)C)[C@@H](c2c(F)cccc2F)NC(=O)N1. The summed E-state index contributed by atoms with van der Waals surface area (Å²) in [6.45, 7) is 5.51. The van der Waals surface area contributed by atoms with Crippen LogP contribution in [0.1, 0.15) is 43.9 Å². The lowest BCUT2D eigenvalue weighted by Gasteiger charge is -2.29. The fourth-order valence-corrected chi connectivity index (χ4v) is 3.30. The van der Waals surface area contributed by atoms with E-state index in [-0.39, 0.29) is 22.8 Å². The zero-order valence-electron chi connectivity index (χ0n) is 15.8. The zero-order valence-corrected chi connectivity index (χ0v) is 15.8. The largest absolute Gasteiger partial charge is 0.326 e. The van der Waals surface area contributed by atoms with E-state index in [1.54, 1.807) is 12.1 Å². The van der Waals surface area contributed by atoms with E-state index in [4.69, 9.17) is 0 Å². The first-order valence-corrected chi connectivity index (χ1v) is 8.92. The van der Waals surface area contributed by atoms with Crippen molar-refractivity contribution in [1.82, 2.24) is 10.6 Å². The van der Waals surface area contributed by atoms with Crippen LogP contribution in [0.15, 0.2) is 53.7 Å². The van der Waals surface area contributed by atoms with Gasteiger partial charge >= 0.3 is 6.03 Å². The van der Waals surface area contributed by atoms with Crippen molar-refractivity contribution in [3.63, 3.8) is 0 Å². The number of carbonyl (C=O) groups excluding carboxylic acids is 2. The van der Waals surface area contributed by atoms with Gasteiger partial charge in [0.2, 0.25) is 0 Å². The maximum Gasteiger partial charge on any atom is 0.319 e. The van der Waals surface area contributed by atoms with Crippen molar-refractivity contribution in [2.75, 3.05) is 5.32 Å². The van der Waals surface area contributed by atoms with E-state index in [1.807, 2.05) is 26.0 Å². The number of benzene rings is 2. The van der Waals surface area contributed by atoms with Gasteiger partial charge < -0.3 is 16.0 Å². The van der Waals surface area contributed by atoms with E-state index in [0.29, 0.717) is 5.69 Å². The molecular weight excluding hydrogens is 364 g/mol. The van der Waals surface area contributed by atoms with Crippen molar-refractivity contribution in [3.05, 3.63) is 76.5 Å². The molecule has 28 heavy (non-hydrogen) atoms. The summed E-state index contributed by atoms with van der Waals surface area (Å²) in [4.78, 5) is 25.0. The van der Waals surface area contributed by atoms with Crippen LogP contribution < -0.4 is 16.0 Å². The highest BCUT2D eigenvalue weighted by Gasteiger charge is 2.34. The van der Waals surface area contributed by atoms with Crippen molar-refractivity contribution in [2.24, 2.45) is 0 Å². The van der Waals surface area contributed by atoms with Crippen LogP contribution in [0.3, 0.4) is 0 Å². The Bertz CT molecular complexity index is 950. The zero-order chi connectivity index (χ0) is 20.4. The second kappa shape index (κ2) is 7.80. The summed E-state index contributed by atoms with van der Waals surface area (Å²) in [5.74, 6) is -2.07. The molecule has 3 N–H and O–H groups in total. The lowest BCUT2D eigenvalue weighted by atomic mass is 9.93. The molecule has 0 unspecified atom stereocenters. The van der Waals surface area contributed by atoms with Gasteiger partial charge in [-0.05, 0) is 36.6 Å². The summed E-state index contributed by atoms with van der Waals surface area (Å²) >= 11 is 0. The molecular formula is C21H21F2N3O2. The predicted octanol–water partition coefficient (Wildman–Crippen LogP) is 4.35. The lowest BCUT2D eigenvalue weighted by molar-refractivity contribution is -0.113. The van der Waals surface area contributed by atoms with Crippen molar-refractivity contribution in [1.29, 1.82) is 0 Å². The van der Waals surface area contributed by atoms with Crippen LogP contribution in [0.25, 0.3) is 0 Å². The van der Waals surface area contributed by atoms with Crippen LogP contribution in [0.4, 0.5) is 19.3 Å².